The minimum atomic E-state index is -2.43. The van der Waals surface area contributed by atoms with Gasteiger partial charge < -0.3 is 0 Å². The average Bonchev–Trinajstić information content (AvgIpc) is 2.13. The molecule has 0 aliphatic carbocycles. The summed E-state index contributed by atoms with van der Waals surface area (Å²) in [6.07, 6.45) is -1.62. The fraction of sp³-hybridized carbons (Fsp3) is 0.200. The van der Waals surface area contributed by atoms with Crippen LogP contribution < -0.4 is 0 Å². The van der Waals surface area contributed by atoms with E-state index in [1.165, 1.54) is 6.07 Å². The molecule has 0 bridgehead atoms. The van der Waals surface area contributed by atoms with Gasteiger partial charge in [0.1, 0.15) is 5.15 Å². The first-order valence-corrected chi connectivity index (χ1v) is 3.59. The molecule has 1 radical (unpaired) electrons. The highest BCUT2D eigenvalue weighted by Gasteiger charge is 2.07. The molecule has 1 nitrogen and oxygen atoms in total. The summed E-state index contributed by atoms with van der Waals surface area (Å²) in [4.78, 5) is 0.403. The summed E-state index contributed by atoms with van der Waals surface area (Å²) in [5.74, 6) is 0. The Bertz CT molecular complexity index is 213. The third-order valence-electron chi connectivity index (χ3n) is 0.790. The highest BCUT2D eigenvalue weighted by molar-refractivity contribution is 7.06. The average molecular weight is 183 g/mol. The molecule has 0 amide bonds. The van der Waals surface area contributed by atoms with Gasteiger partial charge in [-0.25, -0.2) is 8.78 Å². The molecule has 0 aliphatic heterocycles. The fourth-order valence-corrected chi connectivity index (χ4v) is 1.33. The number of hydrogen-bond acceptors (Lipinski definition) is 2. The zero-order valence-corrected chi connectivity index (χ0v) is 6.29. The van der Waals surface area contributed by atoms with Crippen LogP contribution >= 0.6 is 23.1 Å². The summed E-state index contributed by atoms with van der Waals surface area (Å²) in [7, 11) is 0. The molecule has 1 rings (SSSR count). The Morgan fingerprint density at radius 3 is 2.80 bits per heavy atom. The molecule has 1 aromatic rings. The number of aromatic nitrogens is 1. The van der Waals surface area contributed by atoms with Crippen LogP contribution in [0.15, 0.2) is 6.07 Å². The molecule has 0 saturated heterocycles. The molecule has 10 heavy (non-hydrogen) atoms. The van der Waals surface area contributed by atoms with Crippen LogP contribution in [0, 0.1) is 6.42 Å². The molecule has 0 aliphatic rings. The second-order valence-corrected chi connectivity index (χ2v) is 2.78. The van der Waals surface area contributed by atoms with Crippen molar-refractivity contribution in [2.45, 2.75) is 6.43 Å². The summed E-state index contributed by atoms with van der Waals surface area (Å²) in [5, 5.41) is 0.261. The third kappa shape index (κ3) is 2.19. The first-order valence-electron chi connectivity index (χ1n) is 2.44. The van der Waals surface area contributed by atoms with Crippen molar-refractivity contribution >= 4 is 23.1 Å². The predicted octanol–water partition coefficient (Wildman–Crippen LogP) is 2.61. The third-order valence-corrected chi connectivity index (χ3v) is 1.84. The standard InChI is InChI=1S/C5H3ClF2NS/c6-4-1-3(10-9-4)2-5(7)8/h1-2,5H. The van der Waals surface area contributed by atoms with E-state index in [0.29, 0.717) is 4.88 Å². The number of rotatable bonds is 2. The molecule has 0 fully saturated rings. The molecule has 0 saturated carbocycles. The van der Waals surface area contributed by atoms with Crippen LogP contribution in [-0.2, 0) is 0 Å². The monoisotopic (exact) mass is 182 g/mol. The van der Waals surface area contributed by atoms with Crippen LogP contribution in [0.3, 0.4) is 0 Å². The van der Waals surface area contributed by atoms with E-state index in [9.17, 15) is 8.78 Å². The van der Waals surface area contributed by atoms with Crippen LogP contribution in [0.25, 0.3) is 0 Å². The lowest BCUT2D eigenvalue weighted by Crippen LogP contribution is -1.89. The number of alkyl halides is 2. The molecule has 1 heterocycles. The lowest BCUT2D eigenvalue weighted by atomic mass is 10.4. The molecule has 1 aromatic heterocycles. The lowest BCUT2D eigenvalue weighted by Gasteiger charge is -1.89. The smallest absolute Gasteiger partial charge is 0.210 e. The second-order valence-electron chi connectivity index (χ2n) is 1.55. The maximum atomic E-state index is 11.6. The van der Waals surface area contributed by atoms with Crippen molar-refractivity contribution in [2.24, 2.45) is 0 Å². The topological polar surface area (TPSA) is 12.9 Å². The highest BCUT2D eigenvalue weighted by Crippen LogP contribution is 2.18. The number of hydrogen-bond donors (Lipinski definition) is 0. The Morgan fingerprint density at radius 2 is 2.40 bits per heavy atom. The zero-order chi connectivity index (χ0) is 7.56. The summed E-state index contributed by atoms with van der Waals surface area (Å²) >= 11 is 6.34. The van der Waals surface area contributed by atoms with Crippen LogP contribution in [0.5, 0.6) is 0 Å². The van der Waals surface area contributed by atoms with E-state index in [1.54, 1.807) is 0 Å². The minimum absolute atomic E-state index is 0.261. The molecule has 0 N–H and O–H groups in total. The minimum Gasteiger partial charge on any atom is -0.210 e. The molecule has 55 valence electrons. The van der Waals surface area contributed by atoms with E-state index in [4.69, 9.17) is 11.6 Å². The summed E-state index contributed by atoms with van der Waals surface area (Å²) < 4.78 is 26.8. The van der Waals surface area contributed by atoms with Crippen molar-refractivity contribution in [2.75, 3.05) is 0 Å². The summed E-state index contributed by atoms with van der Waals surface area (Å²) in [6.45, 7) is 0. The Morgan fingerprint density at radius 1 is 1.70 bits per heavy atom. The first-order chi connectivity index (χ1) is 4.68. The molecule has 0 spiro atoms. The van der Waals surface area contributed by atoms with Gasteiger partial charge in [-0.1, -0.05) is 11.6 Å². The second kappa shape index (κ2) is 3.25. The van der Waals surface area contributed by atoms with E-state index in [-0.39, 0.29) is 5.15 Å². The van der Waals surface area contributed by atoms with E-state index in [0.717, 1.165) is 18.0 Å². The van der Waals surface area contributed by atoms with Gasteiger partial charge in [-0.05, 0) is 17.6 Å². The maximum absolute atomic E-state index is 11.6. The van der Waals surface area contributed by atoms with E-state index >= 15 is 0 Å². The van der Waals surface area contributed by atoms with Gasteiger partial charge in [0.15, 0.2) is 0 Å². The van der Waals surface area contributed by atoms with Gasteiger partial charge in [0.25, 0.3) is 0 Å². The van der Waals surface area contributed by atoms with E-state index < -0.39 is 6.43 Å². The SMILES string of the molecule is FC(F)[CH]c1cc(Cl)ns1. The highest BCUT2D eigenvalue weighted by atomic mass is 35.5. The van der Waals surface area contributed by atoms with Crippen molar-refractivity contribution in [3.63, 3.8) is 0 Å². The Balaban J connectivity index is 2.58. The van der Waals surface area contributed by atoms with Gasteiger partial charge in [0, 0.05) is 4.88 Å². The Labute approximate surface area is 65.8 Å². The zero-order valence-electron chi connectivity index (χ0n) is 4.72. The number of halogens is 3. The normalized spacial score (nSPS) is 10.8. The van der Waals surface area contributed by atoms with Crippen molar-refractivity contribution in [3.05, 3.63) is 22.5 Å². The van der Waals surface area contributed by atoms with Crippen LogP contribution in [0.1, 0.15) is 4.88 Å². The van der Waals surface area contributed by atoms with Crippen LogP contribution in [0.4, 0.5) is 8.78 Å². The van der Waals surface area contributed by atoms with Crippen molar-refractivity contribution < 1.29 is 8.78 Å². The van der Waals surface area contributed by atoms with Crippen LogP contribution in [0.2, 0.25) is 5.15 Å². The summed E-state index contributed by atoms with van der Waals surface area (Å²) in [6, 6.07) is 1.40. The quantitative estimate of drug-likeness (QED) is 0.685. The molecule has 0 aromatic carbocycles. The molecule has 0 atom stereocenters. The Kier molecular flexibility index (Phi) is 2.56. The maximum Gasteiger partial charge on any atom is 0.247 e. The van der Waals surface area contributed by atoms with E-state index in [2.05, 4.69) is 4.37 Å². The van der Waals surface area contributed by atoms with Gasteiger partial charge >= 0.3 is 0 Å². The van der Waals surface area contributed by atoms with Gasteiger partial charge in [-0.15, -0.1) is 0 Å². The van der Waals surface area contributed by atoms with Crippen molar-refractivity contribution in [1.82, 2.24) is 4.37 Å². The van der Waals surface area contributed by atoms with Crippen molar-refractivity contribution in [3.8, 4) is 0 Å². The number of nitrogens with zero attached hydrogens (tertiary/aromatic N) is 1. The van der Waals surface area contributed by atoms with Gasteiger partial charge in [0.2, 0.25) is 6.43 Å². The molecule has 0 unspecified atom stereocenters. The molecular weight excluding hydrogens is 180 g/mol. The first kappa shape index (κ1) is 7.88. The summed E-state index contributed by atoms with van der Waals surface area (Å²) in [5.41, 5.74) is 0. The molecular formula is C5H3ClF2NS. The Hall–Kier alpha value is -0.220. The fourth-order valence-electron chi connectivity index (χ4n) is 0.469. The van der Waals surface area contributed by atoms with Crippen LogP contribution in [-0.4, -0.2) is 10.8 Å². The van der Waals surface area contributed by atoms with Gasteiger partial charge in [0.05, 0.1) is 6.42 Å². The predicted molar refractivity (Wildman–Crippen MR) is 36.5 cm³/mol. The lowest BCUT2D eigenvalue weighted by molar-refractivity contribution is 0.190. The van der Waals surface area contributed by atoms with E-state index in [1.807, 2.05) is 0 Å². The molecule has 5 heteroatoms. The van der Waals surface area contributed by atoms with Gasteiger partial charge in [-0.2, -0.15) is 4.37 Å². The van der Waals surface area contributed by atoms with Crippen molar-refractivity contribution in [1.29, 1.82) is 0 Å². The largest absolute Gasteiger partial charge is 0.247 e. The van der Waals surface area contributed by atoms with Gasteiger partial charge in [-0.3, -0.25) is 0 Å².